The molecule has 10 nitrogen and oxygen atoms in total. The molecule has 1 N–H and O–H groups in total. The molecule has 0 bridgehead atoms. The van der Waals surface area contributed by atoms with Gasteiger partial charge in [-0.2, -0.15) is 0 Å². The fourth-order valence-corrected chi connectivity index (χ4v) is 4.05. The summed E-state index contributed by atoms with van der Waals surface area (Å²) in [4.78, 5) is 52.8. The minimum Gasteiger partial charge on any atom is -0.497 e. The topological polar surface area (TPSA) is 134 Å². The van der Waals surface area contributed by atoms with Gasteiger partial charge in [0.1, 0.15) is 18.4 Å². The van der Waals surface area contributed by atoms with E-state index in [0.29, 0.717) is 0 Å². The molecule has 0 saturated heterocycles. The molecule has 0 aliphatic rings. The van der Waals surface area contributed by atoms with Crippen molar-refractivity contribution in [3.8, 4) is 5.75 Å². The van der Waals surface area contributed by atoms with Gasteiger partial charge in [-0.3, -0.25) is 9.59 Å². The minimum atomic E-state index is -1.28. The molecule has 0 aromatic heterocycles. The summed E-state index contributed by atoms with van der Waals surface area (Å²) in [7, 11) is 1.60. The Labute approximate surface area is 207 Å². The summed E-state index contributed by atoms with van der Waals surface area (Å²) >= 11 is 0.910. The summed E-state index contributed by atoms with van der Waals surface area (Å²) < 4.78 is 10.3. The number of ether oxygens (including phenoxy) is 2. The fourth-order valence-electron chi connectivity index (χ4n) is 3.11. The van der Waals surface area contributed by atoms with Gasteiger partial charge in [-0.05, 0) is 49.2 Å². The molecule has 0 unspecified atom stereocenters. The van der Waals surface area contributed by atoms with Gasteiger partial charge in [0.2, 0.25) is 5.91 Å². The number of esters is 1. The fraction of sp³-hybridized carbons (Fsp3) is 0.458. The van der Waals surface area contributed by atoms with Gasteiger partial charge in [0.15, 0.2) is 5.12 Å². The molecule has 0 heterocycles. The molecule has 2 aromatic rings. The zero-order chi connectivity index (χ0) is 26.2. The highest BCUT2D eigenvalue weighted by Crippen LogP contribution is 2.28. The number of benzene rings is 2. The van der Waals surface area contributed by atoms with E-state index < -0.39 is 40.9 Å². The van der Waals surface area contributed by atoms with Gasteiger partial charge in [-0.15, -0.1) is 10.1 Å². The molecule has 0 aliphatic carbocycles. The number of rotatable bonds is 12. The van der Waals surface area contributed by atoms with Crippen LogP contribution in [0.5, 0.6) is 5.75 Å². The quantitative estimate of drug-likeness (QED) is 0.261. The van der Waals surface area contributed by atoms with Crippen LogP contribution < -0.4 is 10.1 Å². The van der Waals surface area contributed by atoms with Crippen LogP contribution in [0.1, 0.15) is 39.2 Å². The molecule has 2 rings (SSSR count). The predicted molar refractivity (Wildman–Crippen MR) is 132 cm³/mol. The first-order chi connectivity index (χ1) is 16.5. The number of carbonyl (C=O) groups excluding carboxylic acids is 3. The summed E-state index contributed by atoms with van der Waals surface area (Å²) in [5.41, 5.74) is -0.469. The second kappa shape index (κ2) is 12.4. The van der Waals surface area contributed by atoms with Gasteiger partial charge < -0.3 is 19.6 Å². The van der Waals surface area contributed by atoms with Crippen molar-refractivity contribution in [2.45, 2.75) is 39.7 Å². The Morgan fingerprint density at radius 3 is 2.43 bits per heavy atom. The van der Waals surface area contributed by atoms with Crippen molar-refractivity contribution in [1.82, 2.24) is 5.32 Å². The highest BCUT2D eigenvalue weighted by Gasteiger charge is 2.34. The number of hydrogen-bond acceptors (Lipinski definition) is 9. The first-order valence-corrected chi connectivity index (χ1v) is 12.0. The van der Waals surface area contributed by atoms with Gasteiger partial charge >= 0.3 is 5.97 Å². The number of amides is 1. The van der Waals surface area contributed by atoms with Crippen LogP contribution in [0.4, 0.5) is 0 Å². The van der Waals surface area contributed by atoms with Crippen molar-refractivity contribution >= 4 is 39.5 Å². The van der Waals surface area contributed by atoms with E-state index in [4.69, 9.17) is 9.47 Å². The van der Waals surface area contributed by atoms with E-state index in [1.54, 1.807) is 21.0 Å². The van der Waals surface area contributed by atoms with E-state index in [9.17, 15) is 24.5 Å². The van der Waals surface area contributed by atoms with Crippen LogP contribution in [0, 0.1) is 15.5 Å². The molecule has 0 fully saturated rings. The molecular formula is C24H30N2O8S. The Kier molecular flexibility index (Phi) is 9.88. The van der Waals surface area contributed by atoms with E-state index >= 15 is 0 Å². The smallest absolute Gasteiger partial charge is 0.329 e. The molecule has 0 saturated carbocycles. The number of methoxy groups -OCH3 is 1. The second-order valence-electron chi connectivity index (χ2n) is 8.48. The van der Waals surface area contributed by atoms with Crippen LogP contribution in [0.25, 0.3) is 10.8 Å². The average molecular weight is 507 g/mol. The molecule has 0 radical (unpaired) electrons. The molecule has 0 spiro atoms. The van der Waals surface area contributed by atoms with Crippen molar-refractivity contribution in [2.24, 2.45) is 5.41 Å². The summed E-state index contributed by atoms with van der Waals surface area (Å²) in [5.74, 6) is -1.10. The lowest BCUT2D eigenvalue weighted by Crippen LogP contribution is -2.50. The van der Waals surface area contributed by atoms with Crippen molar-refractivity contribution in [3.05, 3.63) is 52.1 Å². The van der Waals surface area contributed by atoms with Crippen LogP contribution in [-0.2, 0) is 24.0 Å². The molecule has 1 amide bonds. The second-order valence-corrected chi connectivity index (χ2v) is 9.51. The Morgan fingerprint density at radius 1 is 1.14 bits per heavy atom. The Morgan fingerprint density at radius 2 is 1.80 bits per heavy atom. The number of thioether (sulfide) groups is 1. The van der Waals surface area contributed by atoms with E-state index in [1.807, 2.05) is 36.4 Å². The SMILES string of the molecule is CCOC(=O)[C@@H](CSC(=O)[C@@H](C)c1ccc2cc(OC)ccc2c1)NC(=O)C(C)(C)CO[N+](=O)[O-]. The maximum atomic E-state index is 12.9. The number of nitrogens with one attached hydrogen (secondary N) is 1. The summed E-state index contributed by atoms with van der Waals surface area (Å²) in [6, 6.07) is 10.3. The standard InChI is InChI=1S/C24H30N2O8S/c1-6-33-21(27)20(25-23(29)24(3,4)14-34-26(30)31)13-35-22(28)15(2)16-7-8-18-12-19(32-5)10-9-17(18)11-16/h7-12,15,20H,6,13-14H2,1-5H3,(H,25,29)/t15-,20+/m0/s1. The highest BCUT2D eigenvalue weighted by atomic mass is 32.2. The number of hydrogen-bond donors (Lipinski definition) is 1. The zero-order valence-electron chi connectivity index (χ0n) is 20.4. The Bertz CT molecular complexity index is 1090. The van der Waals surface area contributed by atoms with Gasteiger partial charge in [0, 0.05) is 5.75 Å². The lowest BCUT2D eigenvalue weighted by molar-refractivity contribution is -0.760. The average Bonchev–Trinajstić information content (AvgIpc) is 2.83. The third-order valence-corrected chi connectivity index (χ3v) is 6.48. The molecule has 0 aliphatic heterocycles. The molecule has 11 heteroatoms. The van der Waals surface area contributed by atoms with E-state index in [2.05, 4.69) is 10.2 Å². The van der Waals surface area contributed by atoms with Gasteiger partial charge in [0.05, 0.1) is 25.0 Å². The molecule has 2 atom stereocenters. The van der Waals surface area contributed by atoms with Crippen LogP contribution in [0.3, 0.4) is 0 Å². The van der Waals surface area contributed by atoms with Crippen molar-refractivity contribution in [3.63, 3.8) is 0 Å². The Hall–Kier alpha value is -3.34. The summed E-state index contributed by atoms with van der Waals surface area (Å²) in [5, 5.41) is 13.8. The highest BCUT2D eigenvalue weighted by molar-refractivity contribution is 8.13. The van der Waals surface area contributed by atoms with Crippen LogP contribution >= 0.6 is 11.8 Å². The maximum absolute atomic E-state index is 12.9. The molecule has 2 aromatic carbocycles. The minimum absolute atomic E-state index is 0.0509. The van der Waals surface area contributed by atoms with Crippen molar-refractivity contribution in [1.29, 1.82) is 0 Å². The first kappa shape index (κ1) is 27.9. The van der Waals surface area contributed by atoms with Gasteiger partial charge in [0.25, 0.3) is 5.09 Å². The van der Waals surface area contributed by atoms with E-state index in [1.165, 1.54) is 13.8 Å². The third-order valence-electron chi connectivity index (χ3n) is 5.34. The summed E-state index contributed by atoms with van der Waals surface area (Å²) in [6.45, 7) is 5.90. The number of fused-ring (bicyclic) bond motifs is 1. The lowest BCUT2D eigenvalue weighted by atomic mass is 9.93. The predicted octanol–water partition coefficient (Wildman–Crippen LogP) is 3.49. The molecule has 190 valence electrons. The Balaban J connectivity index is 2.08. The lowest BCUT2D eigenvalue weighted by Gasteiger charge is -2.25. The first-order valence-electron chi connectivity index (χ1n) is 11.0. The monoisotopic (exact) mass is 506 g/mol. The van der Waals surface area contributed by atoms with Crippen LogP contribution in [0.2, 0.25) is 0 Å². The number of nitrogens with zero attached hydrogens (tertiary/aromatic N) is 1. The number of carbonyl (C=O) groups is 3. The third kappa shape index (κ3) is 7.84. The largest absolute Gasteiger partial charge is 0.497 e. The normalized spacial score (nSPS) is 12.9. The zero-order valence-corrected chi connectivity index (χ0v) is 21.2. The van der Waals surface area contributed by atoms with E-state index in [0.717, 1.165) is 33.8 Å². The van der Waals surface area contributed by atoms with Crippen LogP contribution in [0.15, 0.2) is 36.4 Å². The molecular weight excluding hydrogens is 476 g/mol. The van der Waals surface area contributed by atoms with Crippen molar-refractivity contribution in [2.75, 3.05) is 26.1 Å². The molecule has 35 heavy (non-hydrogen) atoms. The maximum Gasteiger partial charge on any atom is 0.329 e. The van der Waals surface area contributed by atoms with E-state index in [-0.39, 0.29) is 17.5 Å². The van der Waals surface area contributed by atoms with Crippen LogP contribution in [-0.4, -0.2) is 54.2 Å². The summed E-state index contributed by atoms with van der Waals surface area (Å²) in [6.07, 6.45) is 0. The van der Waals surface area contributed by atoms with Crippen molar-refractivity contribution < 1.29 is 33.8 Å². The van der Waals surface area contributed by atoms with Gasteiger partial charge in [-0.25, -0.2) is 4.79 Å². The van der Waals surface area contributed by atoms with Gasteiger partial charge in [-0.1, -0.05) is 43.0 Å².